The van der Waals surface area contributed by atoms with Gasteiger partial charge in [-0.1, -0.05) is 91.0 Å². The van der Waals surface area contributed by atoms with Crippen molar-refractivity contribution < 1.29 is 9.59 Å². The van der Waals surface area contributed by atoms with Gasteiger partial charge in [-0.05, 0) is 5.56 Å². The van der Waals surface area contributed by atoms with E-state index in [9.17, 15) is 9.59 Å². The fourth-order valence-corrected chi connectivity index (χ4v) is 2.61. The van der Waals surface area contributed by atoms with Crippen molar-refractivity contribution in [2.75, 3.05) is 0 Å². The third-order valence-electron chi connectivity index (χ3n) is 3.88. The summed E-state index contributed by atoms with van der Waals surface area (Å²) in [6, 6.07) is 26.6. The van der Waals surface area contributed by atoms with Crippen molar-refractivity contribution >= 4 is 17.1 Å². The van der Waals surface area contributed by atoms with Crippen molar-refractivity contribution in [3.8, 4) is 0 Å². The summed E-state index contributed by atoms with van der Waals surface area (Å²) in [5, 5.41) is 0. The van der Waals surface area contributed by atoms with Crippen LogP contribution >= 0.6 is 0 Å². The van der Waals surface area contributed by atoms with Gasteiger partial charge in [0.1, 0.15) is 0 Å². The lowest BCUT2D eigenvalue weighted by atomic mass is 9.92. The minimum Gasteiger partial charge on any atom is -0.395 e. The van der Waals surface area contributed by atoms with Gasteiger partial charge in [0.15, 0.2) is 5.78 Å². The van der Waals surface area contributed by atoms with Gasteiger partial charge >= 0.3 is 0 Å². The third-order valence-corrected chi connectivity index (χ3v) is 3.88. The zero-order valence-electron chi connectivity index (χ0n) is 13.6. The number of carbonyl (C=O) groups is 2. The van der Waals surface area contributed by atoms with Gasteiger partial charge in [-0.15, -0.1) is 0 Å². The Morgan fingerprint density at radius 3 is 1.32 bits per heavy atom. The van der Waals surface area contributed by atoms with Crippen molar-refractivity contribution in [1.82, 2.24) is 0 Å². The van der Waals surface area contributed by atoms with Gasteiger partial charge in [0, 0.05) is 11.1 Å². The fourth-order valence-electron chi connectivity index (χ4n) is 2.61. The zero-order chi connectivity index (χ0) is 17.6. The fraction of sp³-hybridized carbons (Fsp3) is 0. The summed E-state index contributed by atoms with van der Waals surface area (Å²) in [4.78, 5) is 25.8. The van der Waals surface area contributed by atoms with Crippen molar-refractivity contribution in [2.24, 2.45) is 5.73 Å². The summed E-state index contributed by atoms with van der Waals surface area (Å²) in [6.45, 7) is 0. The van der Waals surface area contributed by atoms with Crippen LogP contribution < -0.4 is 5.73 Å². The van der Waals surface area contributed by atoms with Gasteiger partial charge in [-0.3, -0.25) is 9.59 Å². The van der Waals surface area contributed by atoms with Gasteiger partial charge in [0.05, 0.1) is 11.3 Å². The van der Waals surface area contributed by atoms with Crippen molar-refractivity contribution in [3.63, 3.8) is 0 Å². The summed E-state index contributed by atoms with van der Waals surface area (Å²) in [6.07, 6.45) is 0. The molecule has 0 aliphatic carbocycles. The molecule has 0 amide bonds. The van der Waals surface area contributed by atoms with E-state index in [4.69, 9.17) is 5.73 Å². The zero-order valence-corrected chi connectivity index (χ0v) is 13.6. The predicted molar refractivity (Wildman–Crippen MR) is 99.1 cm³/mol. The molecule has 0 radical (unpaired) electrons. The molecule has 3 heteroatoms. The van der Waals surface area contributed by atoms with Crippen LogP contribution in [0.2, 0.25) is 0 Å². The molecule has 0 aliphatic rings. The summed E-state index contributed by atoms with van der Waals surface area (Å²) in [5.74, 6) is -0.627. The van der Waals surface area contributed by atoms with Gasteiger partial charge < -0.3 is 5.73 Å². The Morgan fingerprint density at radius 2 is 0.880 bits per heavy atom. The average Bonchev–Trinajstić information content (AvgIpc) is 2.69. The van der Waals surface area contributed by atoms with E-state index in [-0.39, 0.29) is 22.8 Å². The molecule has 0 saturated heterocycles. The van der Waals surface area contributed by atoms with E-state index in [1.807, 2.05) is 30.3 Å². The van der Waals surface area contributed by atoms with Crippen LogP contribution in [-0.4, -0.2) is 11.6 Å². The molecule has 0 unspecified atom stereocenters. The molecule has 3 nitrogen and oxygen atoms in total. The Morgan fingerprint density at radius 1 is 0.520 bits per heavy atom. The summed E-state index contributed by atoms with van der Waals surface area (Å²) >= 11 is 0. The molecular formula is C22H17NO2. The molecule has 0 bridgehead atoms. The van der Waals surface area contributed by atoms with Gasteiger partial charge in [0.25, 0.3) is 0 Å². The Labute approximate surface area is 146 Å². The molecule has 0 heterocycles. The molecule has 0 aliphatic heterocycles. The molecule has 122 valence electrons. The monoisotopic (exact) mass is 327 g/mol. The Kier molecular flexibility index (Phi) is 4.86. The van der Waals surface area contributed by atoms with E-state index in [1.165, 1.54) is 0 Å². The number of carbonyl (C=O) groups excluding carboxylic acids is 2. The van der Waals surface area contributed by atoms with Crippen molar-refractivity contribution in [3.05, 3.63) is 113 Å². The molecule has 0 aromatic heterocycles. The Hall–Kier alpha value is -3.46. The Balaban J connectivity index is 2.14. The maximum atomic E-state index is 13.0. The largest absolute Gasteiger partial charge is 0.395 e. The lowest BCUT2D eigenvalue weighted by Gasteiger charge is -2.11. The van der Waals surface area contributed by atoms with E-state index in [0.717, 1.165) is 0 Å². The molecule has 2 N–H and O–H groups in total. The Bertz CT molecular complexity index is 914. The minimum atomic E-state index is -0.358. The number of ketones is 2. The van der Waals surface area contributed by atoms with Crippen molar-refractivity contribution in [1.29, 1.82) is 0 Å². The third kappa shape index (κ3) is 3.56. The predicted octanol–water partition coefficient (Wildman–Crippen LogP) is 4.12. The van der Waals surface area contributed by atoms with E-state index < -0.39 is 0 Å². The van der Waals surface area contributed by atoms with Crippen LogP contribution in [0.15, 0.2) is 96.7 Å². The molecule has 25 heavy (non-hydrogen) atoms. The second kappa shape index (κ2) is 7.41. The van der Waals surface area contributed by atoms with Crippen LogP contribution in [0.5, 0.6) is 0 Å². The lowest BCUT2D eigenvalue weighted by molar-refractivity contribution is 0.101. The van der Waals surface area contributed by atoms with Crippen LogP contribution in [0.3, 0.4) is 0 Å². The van der Waals surface area contributed by atoms with Crippen molar-refractivity contribution in [2.45, 2.75) is 0 Å². The second-order valence-electron chi connectivity index (χ2n) is 5.54. The number of allylic oxidation sites excluding steroid dienone is 2. The van der Waals surface area contributed by atoms with Crippen LogP contribution in [0, 0.1) is 0 Å². The molecule has 3 rings (SSSR count). The van der Waals surface area contributed by atoms with Crippen LogP contribution in [0.1, 0.15) is 26.3 Å². The first-order valence-corrected chi connectivity index (χ1v) is 7.93. The van der Waals surface area contributed by atoms with Crippen LogP contribution in [0.4, 0.5) is 0 Å². The average molecular weight is 327 g/mol. The molecule has 0 saturated carbocycles. The quantitative estimate of drug-likeness (QED) is 0.566. The van der Waals surface area contributed by atoms with Gasteiger partial charge in [-0.25, -0.2) is 0 Å². The highest BCUT2D eigenvalue weighted by Crippen LogP contribution is 2.23. The first kappa shape index (κ1) is 16.4. The lowest BCUT2D eigenvalue weighted by Crippen LogP contribution is -2.18. The molecule has 0 atom stereocenters. The van der Waals surface area contributed by atoms with Gasteiger partial charge in [0.2, 0.25) is 5.78 Å². The second-order valence-corrected chi connectivity index (χ2v) is 5.54. The summed E-state index contributed by atoms with van der Waals surface area (Å²) in [7, 11) is 0. The first-order chi connectivity index (χ1) is 12.2. The highest BCUT2D eigenvalue weighted by molar-refractivity contribution is 6.34. The SMILES string of the molecule is N/C(C(=O)c1ccccc1)=C(\C(=O)c1ccccc1)c1ccccc1. The first-order valence-electron chi connectivity index (χ1n) is 7.93. The molecule has 3 aromatic rings. The van der Waals surface area contributed by atoms with E-state index in [0.29, 0.717) is 16.7 Å². The number of hydrogen-bond acceptors (Lipinski definition) is 3. The smallest absolute Gasteiger partial charge is 0.209 e. The van der Waals surface area contributed by atoms with E-state index in [1.54, 1.807) is 60.7 Å². The minimum absolute atomic E-state index is 0.0498. The highest BCUT2D eigenvalue weighted by atomic mass is 16.1. The van der Waals surface area contributed by atoms with Crippen LogP contribution in [-0.2, 0) is 0 Å². The molecule has 0 fully saturated rings. The number of Topliss-reactive ketones (excluding diaryl/α,β-unsaturated/α-hetero) is 2. The van der Waals surface area contributed by atoms with Crippen LogP contribution in [0.25, 0.3) is 5.57 Å². The number of rotatable bonds is 5. The number of nitrogens with two attached hydrogens (primary N) is 1. The number of hydrogen-bond donors (Lipinski definition) is 1. The maximum Gasteiger partial charge on any atom is 0.209 e. The topological polar surface area (TPSA) is 60.2 Å². The maximum absolute atomic E-state index is 13.0. The standard InChI is InChI=1S/C22H17NO2/c23-20(22(25)18-14-8-3-9-15-18)19(16-10-4-1-5-11-16)21(24)17-12-6-2-7-13-17/h1-15H,23H2/b20-19-. The molecule has 3 aromatic carbocycles. The summed E-state index contributed by atoms with van der Waals surface area (Å²) in [5.41, 5.74) is 7.91. The highest BCUT2D eigenvalue weighted by Gasteiger charge is 2.22. The van der Waals surface area contributed by atoms with E-state index in [2.05, 4.69) is 0 Å². The normalized spacial score (nSPS) is 11.5. The number of benzene rings is 3. The summed E-state index contributed by atoms with van der Waals surface area (Å²) < 4.78 is 0. The molecular weight excluding hydrogens is 310 g/mol. The molecule has 0 spiro atoms. The van der Waals surface area contributed by atoms with Gasteiger partial charge in [-0.2, -0.15) is 0 Å². The van der Waals surface area contributed by atoms with E-state index >= 15 is 0 Å².